The summed E-state index contributed by atoms with van der Waals surface area (Å²) in [5, 5.41) is 7.45. The molecule has 0 aliphatic carbocycles. The number of piperazine rings is 1. The first-order valence-corrected chi connectivity index (χ1v) is 10.5. The van der Waals surface area contributed by atoms with Crippen LogP contribution in [0.3, 0.4) is 0 Å². The van der Waals surface area contributed by atoms with E-state index in [1.54, 1.807) is 17.5 Å². The molecule has 2 rings (SSSR count). The molecular formula is C16H30N6O3S. The van der Waals surface area contributed by atoms with Crippen LogP contribution in [0.5, 0.6) is 0 Å². The van der Waals surface area contributed by atoms with Crippen molar-refractivity contribution in [1.29, 1.82) is 0 Å². The van der Waals surface area contributed by atoms with Gasteiger partial charge in [-0.05, 0) is 19.9 Å². The summed E-state index contributed by atoms with van der Waals surface area (Å²) in [4.78, 5) is 6.39. The van der Waals surface area contributed by atoms with Gasteiger partial charge in [-0.3, -0.25) is 9.67 Å². The van der Waals surface area contributed by atoms with Gasteiger partial charge in [0.2, 0.25) is 10.0 Å². The second-order valence-electron chi connectivity index (χ2n) is 6.47. The second kappa shape index (κ2) is 9.33. The first-order chi connectivity index (χ1) is 12.3. The molecule has 0 amide bonds. The summed E-state index contributed by atoms with van der Waals surface area (Å²) in [5.74, 6) is 0.796. The number of nitrogens with one attached hydrogen (secondary N) is 1. The van der Waals surface area contributed by atoms with E-state index in [1.165, 1.54) is 0 Å². The summed E-state index contributed by atoms with van der Waals surface area (Å²) in [5.41, 5.74) is 1.05. The van der Waals surface area contributed by atoms with E-state index in [2.05, 4.69) is 20.3 Å². The molecule has 1 aliphatic heterocycles. The van der Waals surface area contributed by atoms with E-state index >= 15 is 0 Å². The molecule has 0 atom stereocenters. The van der Waals surface area contributed by atoms with Gasteiger partial charge in [-0.1, -0.05) is 0 Å². The van der Waals surface area contributed by atoms with E-state index in [0.29, 0.717) is 32.7 Å². The molecule has 0 spiro atoms. The van der Waals surface area contributed by atoms with Crippen molar-refractivity contribution in [2.75, 3.05) is 45.6 Å². The van der Waals surface area contributed by atoms with Crippen molar-refractivity contribution in [2.45, 2.75) is 26.5 Å². The molecule has 1 N–H and O–H groups in total. The number of hydrogen-bond donors (Lipinski definition) is 1. The molecule has 26 heavy (non-hydrogen) atoms. The van der Waals surface area contributed by atoms with Crippen molar-refractivity contribution in [2.24, 2.45) is 12.0 Å². The largest absolute Gasteiger partial charge is 0.378 e. The third-order valence-electron chi connectivity index (χ3n) is 4.29. The fraction of sp³-hybridized carbons (Fsp3) is 0.750. The summed E-state index contributed by atoms with van der Waals surface area (Å²) in [7, 11) is 0.351. The van der Waals surface area contributed by atoms with E-state index in [-0.39, 0.29) is 18.5 Å². The van der Waals surface area contributed by atoms with Crippen LogP contribution in [0, 0.1) is 0 Å². The number of sulfonamides is 1. The molecule has 0 aromatic carbocycles. The second-order valence-corrected chi connectivity index (χ2v) is 8.56. The zero-order valence-electron chi connectivity index (χ0n) is 16.1. The summed E-state index contributed by atoms with van der Waals surface area (Å²) < 4.78 is 33.5. The van der Waals surface area contributed by atoms with Crippen LogP contribution in [-0.4, -0.2) is 85.1 Å². The van der Waals surface area contributed by atoms with E-state index in [4.69, 9.17) is 4.74 Å². The molecule has 0 bridgehead atoms. The van der Waals surface area contributed by atoms with Crippen molar-refractivity contribution in [3.8, 4) is 0 Å². The number of aryl methyl sites for hydroxylation is 1. The van der Waals surface area contributed by atoms with Crippen LogP contribution in [0.15, 0.2) is 17.3 Å². The van der Waals surface area contributed by atoms with Crippen LogP contribution in [0.1, 0.15) is 19.5 Å². The summed E-state index contributed by atoms with van der Waals surface area (Å²) in [6.45, 7) is 6.77. The minimum absolute atomic E-state index is 0.0264. The van der Waals surface area contributed by atoms with Crippen LogP contribution in [-0.2, 0) is 28.4 Å². The van der Waals surface area contributed by atoms with Crippen molar-refractivity contribution in [1.82, 2.24) is 24.3 Å². The van der Waals surface area contributed by atoms with Gasteiger partial charge in [0.15, 0.2) is 5.96 Å². The predicted molar refractivity (Wildman–Crippen MR) is 101 cm³/mol. The van der Waals surface area contributed by atoms with E-state index < -0.39 is 10.0 Å². The highest BCUT2D eigenvalue weighted by Crippen LogP contribution is 2.09. The van der Waals surface area contributed by atoms with Crippen molar-refractivity contribution in [3.63, 3.8) is 0 Å². The minimum atomic E-state index is -3.28. The molecule has 0 radical (unpaired) electrons. The zero-order chi connectivity index (χ0) is 19.2. The Morgan fingerprint density at radius 1 is 1.35 bits per heavy atom. The SMILES string of the molecule is CN=C(NCc1ccnn1C)N1CCN(S(=O)(=O)CCOC(C)C)CC1. The normalized spacial score (nSPS) is 17.1. The maximum atomic E-state index is 12.4. The molecular weight excluding hydrogens is 356 g/mol. The van der Waals surface area contributed by atoms with Gasteiger partial charge in [0.05, 0.1) is 30.7 Å². The standard InChI is InChI=1S/C16H30N6O3S/c1-14(2)25-11-12-26(23,24)22-9-7-21(8-10-22)16(17-3)18-13-15-5-6-19-20(15)4/h5-6,14H,7-13H2,1-4H3,(H,17,18). The maximum Gasteiger partial charge on any atom is 0.216 e. The number of aromatic nitrogens is 2. The van der Waals surface area contributed by atoms with Crippen LogP contribution >= 0.6 is 0 Å². The van der Waals surface area contributed by atoms with Crippen LogP contribution in [0.25, 0.3) is 0 Å². The van der Waals surface area contributed by atoms with Gasteiger partial charge in [-0.2, -0.15) is 9.40 Å². The number of nitrogens with zero attached hydrogens (tertiary/aromatic N) is 5. The van der Waals surface area contributed by atoms with Crippen LogP contribution in [0.4, 0.5) is 0 Å². The lowest BCUT2D eigenvalue weighted by molar-refractivity contribution is 0.0904. The maximum absolute atomic E-state index is 12.4. The predicted octanol–water partition coefficient (Wildman–Crippen LogP) is -0.132. The first-order valence-electron chi connectivity index (χ1n) is 8.85. The van der Waals surface area contributed by atoms with Gasteiger partial charge in [0.1, 0.15) is 0 Å². The lowest BCUT2D eigenvalue weighted by atomic mass is 10.3. The highest BCUT2D eigenvalue weighted by atomic mass is 32.2. The Morgan fingerprint density at radius 3 is 2.58 bits per heavy atom. The molecule has 1 aromatic heterocycles. The lowest BCUT2D eigenvalue weighted by Gasteiger charge is -2.35. The molecule has 9 nitrogen and oxygen atoms in total. The summed E-state index contributed by atoms with van der Waals surface area (Å²) in [6, 6.07) is 1.95. The Labute approximate surface area is 156 Å². The molecule has 1 saturated heterocycles. The van der Waals surface area contributed by atoms with Gasteiger partial charge in [0, 0.05) is 46.5 Å². The molecule has 1 fully saturated rings. The van der Waals surface area contributed by atoms with Crippen LogP contribution in [0.2, 0.25) is 0 Å². The Bertz CT molecular complexity index is 693. The van der Waals surface area contributed by atoms with Gasteiger partial charge < -0.3 is 15.0 Å². The highest BCUT2D eigenvalue weighted by molar-refractivity contribution is 7.89. The molecule has 1 aliphatic rings. The van der Waals surface area contributed by atoms with Crippen LogP contribution < -0.4 is 5.32 Å². The topological polar surface area (TPSA) is 92.1 Å². The third-order valence-corrected chi connectivity index (χ3v) is 6.12. The summed E-state index contributed by atoms with van der Waals surface area (Å²) in [6.07, 6.45) is 1.79. The fourth-order valence-electron chi connectivity index (χ4n) is 2.77. The van der Waals surface area contributed by atoms with Gasteiger partial charge in [0.25, 0.3) is 0 Å². The van der Waals surface area contributed by atoms with E-state index in [0.717, 1.165) is 11.7 Å². The highest BCUT2D eigenvalue weighted by Gasteiger charge is 2.28. The molecule has 0 unspecified atom stereocenters. The number of ether oxygens (including phenoxy) is 1. The van der Waals surface area contributed by atoms with Crippen molar-refractivity contribution < 1.29 is 13.2 Å². The number of hydrogen-bond acceptors (Lipinski definition) is 5. The van der Waals surface area contributed by atoms with Crippen molar-refractivity contribution in [3.05, 3.63) is 18.0 Å². The van der Waals surface area contributed by atoms with Gasteiger partial charge in [-0.15, -0.1) is 0 Å². The summed E-state index contributed by atoms with van der Waals surface area (Å²) >= 11 is 0. The molecule has 2 heterocycles. The first kappa shape index (κ1) is 20.7. The van der Waals surface area contributed by atoms with E-state index in [1.807, 2.05) is 31.6 Å². The monoisotopic (exact) mass is 386 g/mol. The van der Waals surface area contributed by atoms with E-state index in [9.17, 15) is 8.42 Å². The zero-order valence-corrected chi connectivity index (χ0v) is 16.9. The molecule has 0 saturated carbocycles. The Morgan fingerprint density at radius 2 is 2.04 bits per heavy atom. The molecule has 10 heteroatoms. The Kier molecular flexibility index (Phi) is 7.42. The minimum Gasteiger partial charge on any atom is -0.378 e. The quantitative estimate of drug-likeness (QED) is 0.518. The third kappa shape index (κ3) is 5.68. The molecule has 148 valence electrons. The fourth-order valence-corrected chi connectivity index (χ4v) is 4.06. The van der Waals surface area contributed by atoms with Gasteiger partial charge >= 0.3 is 0 Å². The number of rotatable bonds is 7. The molecule has 1 aromatic rings. The Balaban J connectivity index is 1.83. The van der Waals surface area contributed by atoms with Crippen molar-refractivity contribution >= 4 is 16.0 Å². The lowest BCUT2D eigenvalue weighted by Crippen LogP contribution is -2.54. The van der Waals surface area contributed by atoms with Gasteiger partial charge in [-0.25, -0.2) is 8.42 Å². The Hall–Kier alpha value is -1.65. The average Bonchev–Trinajstić information content (AvgIpc) is 3.00. The number of aliphatic imine (C=N–C) groups is 1. The number of guanidine groups is 1. The average molecular weight is 387 g/mol. The smallest absolute Gasteiger partial charge is 0.216 e.